The summed E-state index contributed by atoms with van der Waals surface area (Å²) in [6.45, 7) is 4.05. The van der Waals surface area contributed by atoms with Gasteiger partial charge in [0.15, 0.2) is 5.16 Å². The highest BCUT2D eigenvalue weighted by molar-refractivity contribution is 7.99. The summed E-state index contributed by atoms with van der Waals surface area (Å²) in [5.41, 5.74) is 0.414. The average molecular weight is 251 g/mol. The van der Waals surface area contributed by atoms with Crippen LogP contribution in [0.2, 0.25) is 0 Å². The fourth-order valence-corrected chi connectivity index (χ4v) is 2.34. The first-order valence-electron chi connectivity index (χ1n) is 5.89. The van der Waals surface area contributed by atoms with E-state index < -0.39 is 0 Å². The van der Waals surface area contributed by atoms with Crippen LogP contribution in [0, 0.1) is 11.3 Å². The fourth-order valence-electron chi connectivity index (χ4n) is 1.46. The standard InChI is InChI=1S/C12H17N3OS/c1-3-5-6-7-17-12-14-10(4-2)9(8-13)11(16)15-12/h3-7H2,1-2H3,(H,14,15,16). The van der Waals surface area contributed by atoms with Gasteiger partial charge < -0.3 is 4.98 Å². The molecule has 0 aromatic carbocycles. The summed E-state index contributed by atoms with van der Waals surface area (Å²) < 4.78 is 0. The van der Waals surface area contributed by atoms with Crippen LogP contribution in [0.3, 0.4) is 0 Å². The maximum Gasteiger partial charge on any atom is 0.269 e. The van der Waals surface area contributed by atoms with Gasteiger partial charge in [0.05, 0.1) is 5.69 Å². The summed E-state index contributed by atoms with van der Waals surface area (Å²) in [5.74, 6) is 0.950. The Hall–Kier alpha value is -1.28. The van der Waals surface area contributed by atoms with Crippen molar-refractivity contribution in [2.45, 2.75) is 44.7 Å². The average Bonchev–Trinajstić information content (AvgIpc) is 2.34. The summed E-state index contributed by atoms with van der Waals surface area (Å²) in [7, 11) is 0. The maximum atomic E-state index is 11.6. The van der Waals surface area contributed by atoms with E-state index in [1.54, 1.807) is 11.8 Å². The molecule has 1 rings (SSSR count). The van der Waals surface area contributed by atoms with Crippen molar-refractivity contribution in [1.82, 2.24) is 9.97 Å². The molecule has 0 bridgehead atoms. The lowest BCUT2D eigenvalue weighted by Crippen LogP contribution is -2.16. The number of hydrogen-bond donors (Lipinski definition) is 1. The van der Waals surface area contributed by atoms with E-state index in [4.69, 9.17) is 5.26 Å². The first-order valence-corrected chi connectivity index (χ1v) is 6.87. The van der Waals surface area contributed by atoms with Crippen LogP contribution in [-0.4, -0.2) is 15.7 Å². The van der Waals surface area contributed by atoms with E-state index in [-0.39, 0.29) is 11.1 Å². The second-order valence-electron chi connectivity index (χ2n) is 3.71. The predicted molar refractivity (Wildman–Crippen MR) is 69.2 cm³/mol. The minimum absolute atomic E-state index is 0.144. The van der Waals surface area contributed by atoms with Gasteiger partial charge in [-0.3, -0.25) is 4.79 Å². The predicted octanol–water partition coefficient (Wildman–Crippen LogP) is 2.49. The molecule has 0 spiro atoms. The number of nitriles is 1. The molecule has 0 saturated heterocycles. The first-order chi connectivity index (χ1) is 8.22. The van der Waals surface area contributed by atoms with E-state index in [9.17, 15) is 4.79 Å². The highest BCUT2D eigenvalue weighted by Gasteiger charge is 2.09. The molecule has 1 heterocycles. The van der Waals surface area contributed by atoms with E-state index in [2.05, 4.69) is 16.9 Å². The molecule has 0 fully saturated rings. The molecule has 1 N–H and O–H groups in total. The SMILES string of the molecule is CCCCCSc1nc(CC)c(C#N)c(=O)[nH]1. The second kappa shape index (κ2) is 7.13. The number of H-pyrrole nitrogens is 1. The molecule has 0 radical (unpaired) electrons. The molecule has 92 valence electrons. The van der Waals surface area contributed by atoms with Crippen molar-refractivity contribution in [2.24, 2.45) is 0 Å². The van der Waals surface area contributed by atoms with E-state index in [0.717, 1.165) is 12.2 Å². The zero-order valence-electron chi connectivity index (χ0n) is 10.2. The number of aryl methyl sites for hydroxylation is 1. The Morgan fingerprint density at radius 2 is 2.18 bits per heavy atom. The fraction of sp³-hybridized carbons (Fsp3) is 0.583. The third kappa shape index (κ3) is 3.90. The molecule has 0 atom stereocenters. The molecular formula is C12H17N3OS. The quantitative estimate of drug-likeness (QED) is 0.479. The summed E-state index contributed by atoms with van der Waals surface area (Å²) >= 11 is 1.55. The normalized spacial score (nSPS) is 10.2. The molecule has 0 aliphatic carbocycles. The Balaban J connectivity index is 2.79. The zero-order chi connectivity index (χ0) is 12.7. The molecule has 1 aromatic rings. The van der Waals surface area contributed by atoms with Crippen LogP contribution in [0.15, 0.2) is 9.95 Å². The smallest absolute Gasteiger partial charge is 0.269 e. The van der Waals surface area contributed by atoms with Gasteiger partial charge in [0.25, 0.3) is 5.56 Å². The molecular weight excluding hydrogens is 234 g/mol. The van der Waals surface area contributed by atoms with Crippen LogP contribution in [0.4, 0.5) is 0 Å². The summed E-state index contributed by atoms with van der Waals surface area (Å²) in [5, 5.41) is 9.48. The van der Waals surface area contributed by atoms with E-state index in [1.807, 2.05) is 13.0 Å². The van der Waals surface area contributed by atoms with Crippen molar-refractivity contribution >= 4 is 11.8 Å². The van der Waals surface area contributed by atoms with Crippen LogP contribution in [0.1, 0.15) is 44.4 Å². The number of nitrogens with zero attached hydrogens (tertiary/aromatic N) is 2. The summed E-state index contributed by atoms with van der Waals surface area (Å²) in [6, 6.07) is 1.90. The van der Waals surface area contributed by atoms with Gasteiger partial charge in [-0.2, -0.15) is 5.26 Å². The number of hydrogen-bond acceptors (Lipinski definition) is 4. The van der Waals surface area contributed by atoms with Crippen molar-refractivity contribution in [3.63, 3.8) is 0 Å². The third-order valence-electron chi connectivity index (χ3n) is 2.41. The zero-order valence-corrected chi connectivity index (χ0v) is 11.1. The van der Waals surface area contributed by atoms with Gasteiger partial charge in [0.1, 0.15) is 11.6 Å². The Morgan fingerprint density at radius 1 is 1.41 bits per heavy atom. The Labute approximate surface area is 105 Å². The third-order valence-corrected chi connectivity index (χ3v) is 3.37. The Kier molecular flexibility index (Phi) is 5.78. The number of aromatic amines is 1. The second-order valence-corrected chi connectivity index (χ2v) is 4.80. The van der Waals surface area contributed by atoms with Crippen molar-refractivity contribution in [1.29, 1.82) is 5.26 Å². The van der Waals surface area contributed by atoms with Gasteiger partial charge in [0, 0.05) is 5.75 Å². The lowest BCUT2D eigenvalue weighted by atomic mass is 10.2. The molecule has 0 saturated carbocycles. The molecule has 0 aliphatic heterocycles. The minimum Gasteiger partial charge on any atom is -0.300 e. The largest absolute Gasteiger partial charge is 0.300 e. The first kappa shape index (κ1) is 13.8. The summed E-state index contributed by atoms with van der Waals surface area (Å²) in [6.07, 6.45) is 4.09. The van der Waals surface area contributed by atoms with Crippen LogP contribution < -0.4 is 5.56 Å². The van der Waals surface area contributed by atoms with Crippen molar-refractivity contribution in [2.75, 3.05) is 5.75 Å². The van der Waals surface area contributed by atoms with Gasteiger partial charge >= 0.3 is 0 Å². The number of rotatable bonds is 6. The molecule has 5 heteroatoms. The lowest BCUT2D eigenvalue weighted by Gasteiger charge is -2.03. The number of aromatic nitrogens is 2. The Morgan fingerprint density at radius 3 is 2.76 bits per heavy atom. The minimum atomic E-state index is -0.322. The van der Waals surface area contributed by atoms with E-state index >= 15 is 0 Å². The van der Waals surface area contributed by atoms with Crippen LogP contribution in [0.25, 0.3) is 0 Å². The molecule has 0 aliphatic rings. The molecule has 4 nitrogen and oxygen atoms in total. The van der Waals surface area contributed by atoms with Gasteiger partial charge in [-0.1, -0.05) is 38.5 Å². The van der Waals surface area contributed by atoms with Gasteiger partial charge in [-0.25, -0.2) is 4.98 Å². The molecule has 0 amide bonds. The summed E-state index contributed by atoms with van der Waals surface area (Å²) in [4.78, 5) is 18.6. The van der Waals surface area contributed by atoms with Gasteiger partial charge in [-0.05, 0) is 12.8 Å². The van der Waals surface area contributed by atoms with E-state index in [0.29, 0.717) is 17.3 Å². The van der Waals surface area contributed by atoms with Crippen LogP contribution >= 0.6 is 11.8 Å². The highest BCUT2D eigenvalue weighted by atomic mass is 32.2. The van der Waals surface area contributed by atoms with Crippen LogP contribution in [0.5, 0.6) is 0 Å². The number of unbranched alkanes of at least 4 members (excludes halogenated alkanes) is 2. The Bertz CT molecular complexity index is 462. The van der Waals surface area contributed by atoms with Crippen molar-refractivity contribution < 1.29 is 0 Å². The van der Waals surface area contributed by atoms with Crippen molar-refractivity contribution in [3.05, 3.63) is 21.6 Å². The monoisotopic (exact) mass is 251 g/mol. The van der Waals surface area contributed by atoms with E-state index in [1.165, 1.54) is 12.8 Å². The van der Waals surface area contributed by atoms with Crippen molar-refractivity contribution in [3.8, 4) is 6.07 Å². The topological polar surface area (TPSA) is 69.5 Å². The number of nitrogens with one attached hydrogen (secondary N) is 1. The van der Waals surface area contributed by atoms with Gasteiger partial charge in [-0.15, -0.1) is 0 Å². The number of thioether (sulfide) groups is 1. The maximum absolute atomic E-state index is 11.6. The van der Waals surface area contributed by atoms with Crippen LogP contribution in [-0.2, 0) is 6.42 Å². The lowest BCUT2D eigenvalue weighted by molar-refractivity contribution is 0.775. The molecule has 17 heavy (non-hydrogen) atoms. The molecule has 1 aromatic heterocycles. The molecule has 0 unspecified atom stereocenters. The van der Waals surface area contributed by atoms with Gasteiger partial charge in [0.2, 0.25) is 0 Å². The highest BCUT2D eigenvalue weighted by Crippen LogP contribution is 2.15.